The number of fused-ring (bicyclic) bond motifs is 1. The van der Waals surface area contributed by atoms with Crippen molar-refractivity contribution in [3.63, 3.8) is 0 Å². The Morgan fingerprint density at radius 2 is 1.67 bits per heavy atom. The van der Waals surface area contributed by atoms with Crippen molar-refractivity contribution in [2.45, 2.75) is 44.6 Å². The summed E-state index contributed by atoms with van der Waals surface area (Å²) in [7, 11) is 0. The minimum absolute atomic E-state index is 0.0482. The number of rotatable bonds is 4. The van der Waals surface area contributed by atoms with Gasteiger partial charge in [0.05, 0.1) is 16.6 Å². The highest BCUT2D eigenvalue weighted by Gasteiger charge is 2.39. The number of hydrogen-bond acceptors (Lipinski definition) is 4. The van der Waals surface area contributed by atoms with Crippen LogP contribution in [-0.2, 0) is 6.42 Å². The smallest absolute Gasteiger partial charge is 0.253 e. The summed E-state index contributed by atoms with van der Waals surface area (Å²) < 4.78 is 13.7. The molecular weight excluding hydrogens is 515 g/mol. The summed E-state index contributed by atoms with van der Waals surface area (Å²) in [6.45, 7) is 3.61. The predicted octanol–water partition coefficient (Wildman–Crippen LogP) is 5.81. The highest BCUT2D eigenvalue weighted by molar-refractivity contribution is 6.33. The second kappa shape index (κ2) is 10.6. The second-order valence-corrected chi connectivity index (χ2v) is 11.5. The van der Waals surface area contributed by atoms with E-state index < -0.39 is 11.7 Å². The summed E-state index contributed by atoms with van der Waals surface area (Å²) in [5.74, 6) is -0.871. The molecule has 6 rings (SSSR count). The zero-order valence-corrected chi connectivity index (χ0v) is 22.6. The highest BCUT2D eigenvalue weighted by Crippen LogP contribution is 2.42. The summed E-state index contributed by atoms with van der Waals surface area (Å²) in [6.07, 6.45) is 9.59. The largest absolute Gasteiger partial charge is 0.371 e. The van der Waals surface area contributed by atoms with Crippen LogP contribution in [0.2, 0.25) is 5.02 Å². The Labute approximate surface area is 233 Å². The van der Waals surface area contributed by atoms with Crippen LogP contribution in [0, 0.1) is 11.2 Å². The molecule has 1 atom stereocenters. The monoisotopic (exact) mass is 546 g/mol. The number of amides is 2. The van der Waals surface area contributed by atoms with E-state index in [2.05, 4.69) is 27.3 Å². The van der Waals surface area contributed by atoms with Crippen molar-refractivity contribution in [3.8, 4) is 0 Å². The summed E-state index contributed by atoms with van der Waals surface area (Å²) in [6, 6.07) is 13.5. The van der Waals surface area contributed by atoms with Crippen molar-refractivity contribution in [3.05, 3.63) is 94.0 Å². The lowest BCUT2D eigenvalue weighted by atomic mass is 9.71. The van der Waals surface area contributed by atoms with E-state index in [0.29, 0.717) is 11.0 Å². The van der Waals surface area contributed by atoms with Gasteiger partial charge in [-0.2, -0.15) is 0 Å². The number of aryl methyl sites for hydroxylation is 1. The molecule has 2 aromatic carbocycles. The predicted molar refractivity (Wildman–Crippen MR) is 150 cm³/mol. The molecular formula is C31H32ClFN4O2. The standard InChI is InChI=1S/C31H32ClFN4O2/c32-27-5-4-23(33)20-26(27)29(38)35-28-6-3-21-1-2-22(19-25(21)28)30(39)37-17-11-31(12-18-37)9-15-36(16-10-31)24-7-13-34-14-8-24/h1-2,4-5,7-8,13-14,19-20,28H,3,6,9-12,15-18H2,(H,35,38). The van der Waals surface area contributed by atoms with Gasteiger partial charge in [0.15, 0.2) is 0 Å². The Hall–Kier alpha value is -3.45. The summed E-state index contributed by atoms with van der Waals surface area (Å²) in [5, 5.41) is 3.21. The van der Waals surface area contributed by atoms with Crippen molar-refractivity contribution < 1.29 is 14.0 Å². The third-order valence-electron chi connectivity index (χ3n) is 8.91. The van der Waals surface area contributed by atoms with Gasteiger partial charge in [0.1, 0.15) is 5.82 Å². The first-order chi connectivity index (χ1) is 18.9. The van der Waals surface area contributed by atoms with Gasteiger partial charge in [-0.15, -0.1) is 0 Å². The average molecular weight is 547 g/mol. The van der Waals surface area contributed by atoms with Crippen molar-refractivity contribution in [2.75, 3.05) is 31.1 Å². The van der Waals surface area contributed by atoms with E-state index in [1.807, 2.05) is 35.5 Å². The molecule has 1 N–H and O–H groups in total. The normalized spacial score (nSPS) is 20.1. The van der Waals surface area contributed by atoms with E-state index in [1.54, 1.807) is 0 Å². The molecule has 3 heterocycles. The number of hydrogen-bond donors (Lipinski definition) is 1. The van der Waals surface area contributed by atoms with Crippen LogP contribution in [0.5, 0.6) is 0 Å². The first kappa shape index (κ1) is 25.8. The van der Waals surface area contributed by atoms with Crippen molar-refractivity contribution >= 4 is 29.1 Å². The number of likely N-dealkylation sites (tertiary alicyclic amines) is 1. The van der Waals surface area contributed by atoms with Gasteiger partial charge < -0.3 is 15.1 Å². The Bertz CT molecular complexity index is 1380. The van der Waals surface area contributed by atoms with Gasteiger partial charge >= 0.3 is 0 Å². The highest BCUT2D eigenvalue weighted by atomic mass is 35.5. The van der Waals surface area contributed by atoms with Crippen LogP contribution in [-0.4, -0.2) is 47.9 Å². The SMILES string of the molecule is O=C(NC1CCc2ccc(C(=O)N3CCC4(CC3)CCN(c3ccncc3)CC4)cc21)c1cc(F)ccc1Cl. The molecule has 8 heteroatoms. The lowest BCUT2D eigenvalue weighted by molar-refractivity contribution is 0.0515. The van der Waals surface area contributed by atoms with Gasteiger partial charge in [-0.3, -0.25) is 14.6 Å². The number of halogens is 2. The molecule has 2 aliphatic heterocycles. The first-order valence-corrected chi connectivity index (χ1v) is 14.1. The molecule has 1 aliphatic carbocycles. The van der Waals surface area contributed by atoms with Crippen molar-refractivity contribution in [1.29, 1.82) is 0 Å². The van der Waals surface area contributed by atoms with Gasteiger partial charge in [0, 0.05) is 49.8 Å². The second-order valence-electron chi connectivity index (χ2n) is 11.1. The van der Waals surface area contributed by atoms with Crippen molar-refractivity contribution in [2.24, 2.45) is 5.41 Å². The zero-order chi connectivity index (χ0) is 27.0. The number of benzene rings is 2. The van der Waals surface area contributed by atoms with Crippen LogP contribution < -0.4 is 10.2 Å². The Morgan fingerprint density at radius 3 is 2.41 bits per heavy atom. The lowest BCUT2D eigenvalue weighted by Gasteiger charge is -2.47. The Kier molecular flexibility index (Phi) is 7.02. The van der Waals surface area contributed by atoms with Gasteiger partial charge in [-0.05, 0) is 97.5 Å². The number of aromatic nitrogens is 1. The van der Waals surface area contributed by atoms with Crippen LogP contribution in [0.1, 0.15) is 70.0 Å². The molecule has 2 amide bonds. The van der Waals surface area contributed by atoms with E-state index in [-0.39, 0.29) is 22.5 Å². The van der Waals surface area contributed by atoms with Gasteiger partial charge in [0.25, 0.3) is 11.8 Å². The molecule has 2 fully saturated rings. The summed E-state index contributed by atoms with van der Waals surface area (Å²) >= 11 is 6.14. The van der Waals surface area contributed by atoms with Gasteiger partial charge in [-0.1, -0.05) is 17.7 Å². The average Bonchev–Trinajstić information content (AvgIpc) is 3.37. The molecule has 1 unspecified atom stereocenters. The molecule has 0 radical (unpaired) electrons. The Balaban J connectivity index is 1.08. The third-order valence-corrected chi connectivity index (χ3v) is 9.24. The molecule has 202 valence electrons. The fourth-order valence-electron chi connectivity index (χ4n) is 6.45. The quantitative estimate of drug-likeness (QED) is 0.448. The molecule has 39 heavy (non-hydrogen) atoms. The third kappa shape index (κ3) is 5.24. The maximum Gasteiger partial charge on any atom is 0.253 e. The number of nitrogens with zero attached hydrogens (tertiary/aromatic N) is 3. The van der Waals surface area contributed by atoms with Crippen LogP contribution in [0.3, 0.4) is 0 Å². The van der Waals surface area contributed by atoms with E-state index in [1.165, 1.54) is 17.8 Å². The minimum atomic E-state index is -0.508. The molecule has 2 saturated heterocycles. The molecule has 0 bridgehead atoms. The molecule has 3 aliphatic rings. The van der Waals surface area contributed by atoms with Crippen LogP contribution in [0.4, 0.5) is 10.1 Å². The number of pyridine rings is 1. The van der Waals surface area contributed by atoms with Crippen molar-refractivity contribution in [1.82, 2.24) is 15.2 Å². The number of carbonyl (C=O) groups excluding carboxylic acids is 2. The van der Waals surface area contributed by atoms with Gasteiger partial charge in [-0.25, -0.2) is 4.39 Å². The molecule has 3 aromatic rings. The van der Waals surface area contributed by atoms with Crippen LogP contribution in [0.25, 0.3) is 0 Å². The minimum Gasteiger partial charge on any atom is -0.371 e. The molecule has 1 aromatic heterocycles. The summed E-state index contributed by atoms with van der Waals surface area (Å²) in [5.41, 5.74) is 4.40. The fourth-order valence-corrected chi connectivity index (χ4v) is 6.66. The molecule has 1 spiro atoms. The lowest BCUT2D eigenvalue weighted by Crippen LogP contribution is -2.48. The molecule has 6 nitrogen and oxygen atoms in total. The number of nitrogens with one attached hydrogen (secondary N) is 1. The maximum absolute atomic E-state index is 13.7. The van der Waals surface area contributed by atoms with E-state index in [0.717, 1.165) is 81.9 Å². The van der Waals surface area contributed by atoms with Crippen LogP contribution in [0.15, 0.2) is 60.9 Å². The maximum atomic E-state index is 13.7. The number of piperidine rings is 2. The summed E-state index contributed by atoms with van der Waals surface area (Å²) in [4.78, 5) is 34.9. The zero-order valence-electron chi connectivity index (χ0n) is 21.8. The number of carbonyl (C=O) groups is 2. The van der Waals surface area contributed by atoms with E-state index in [4.69, 9.17) is 11.6 Å². The molecule has 0 saturated carbocycles. The Morgan fingerprint density at radius 1 is 0.949 bits per heavy atom. The van der Waals surface area contributed by atoms with E-state index in [9.17, 15) is 14.0 Å². The van der Waals surface area contributed by atoms with Gasteiger partial charge in [0.2, 0.25) is 0 Å². The first-order valence-electron chi connectivity index (χ1n) is 13.7. The van der Waals surface area contributed by atoms with Crippen LogP contribution >= 0.6 is 11.6 Å². The number of anilines is 1. The van der Waals surface area contributed by atoms with E-state index >= 15 is 0 Å². The topological polar surface area (TPSA) is 65.5 Å². The fraction of sp³-hybridized carbons (Fsp3) is 0.387.